The highest BCUT2D eigenvalue weighted by molar-refractivity contribution is 5.93. The predicted octanol–water partition coefficient (Wildman–Crippen LogP) is 4.78. The lowest BCUT2D eigenvalue weighted by atomic mass is 9.97. The Kier molecular flexibility index (Phi) is 5.67. The first-order valence-corrected chi connectivity index (χ1v) is 10.6. The van der Waals surface area contributed by atoms with Gasteiger partial charge in [-0.25, -0.2) is 4.98 Å². The molecule has 1 aliphatic rings. The fourth-order valence-electron chi connectivity index (χ4n) is 4.34. The molecule has 0 saturated carbocycles. The van der Waals surface area contributed by atoms with Gasteiger partial charge in [0.25, 0.3) is 0 Å². The molecular formula is C24H30N4O. The summed E-state index contributed by atoms with van der Waals surface area (Å²) in [6.07, 6.45) is 1.97. The molecule has 0 radical (unpaired) electrons. The molecule has 1 amide bonds. The molecule has 1 atom stereocenters. The van der Waals surface area contributed by atoms with Gasteiger partial charge in [-0.15, -0.1) is 0 Å². The minimum atomic E-state index is 0.0141. The molecule has 4 rings (SSSR count). The van der Waals surface area contributed by atoms with Crippen molar-refractivity contribution >= 4 is 22.6 Å². The van der Waals surface area contributed by atoms with Gasteiger partial charge >= 0.3 is 0 Å². The van der Waals surface area contributed by atoms with Gasteiger partial charge in [-0.2, -0.15) is 0 Å². The maximum absolute atomic E-state index is 12.9. The summed E-state index contributed by atoms with van der Waals surface area (Å²) < 4.78 is 2.33. The van der Waals surface area contributed by atoms with Crippen molar-refractivity contribution in [3.8, 4) is 0 Å². The quantitative estimate of drug-likeness (QED) is 0.682. The first-order valence-electron chi connectivity index (χ1n) is 10.6. The van der Waals surface area contributed by atoms with E-state index in [1.54, 1.807) is 0 Å². The maximum Gasteiger partial charge on any atom is 0.228 e. The van der Waals surface area contributed by atoms with Crippen molar-refractivity contribution in [3.63, 3.8) is 0 Å². The Hall–Kier alpha value is -2.66. The zero-order valence-corrected chi connectivity index (χ0v) is 17.6. The van der Waals surface area contributed by atoms with Gasteiger partial charge in [0.2, 0.25) is 5.91 Å². The van der Waals surface area contributed by atoms with Crippen LogP contribution in [0.3, 0.4) is 0 Å². The number of carbonyl (C=O) groups is 1. The molecule has 2 heterocycles. The minimum absolute atomic E-state index is 0.0141. The van der Waals surface area contributed by atoms with Crippen LogP contribution >= 0.6 is 0 Å². The number of hydrogen-bond acceptors (Lipinski definition) is 3. The monoisotopic (exact) mass is 390 g/mol. The van der Waals surface area contributed by atoms with Crippen LogP contribution in [0.5, 0.6) is 0 Å². The smallest absolute Gasteiger partial charge is 0.228 e. The zero-order valence-electron chi connectivity index (χ0n) is 17.6. The maximum atomic E-state index is 12.9. The van der Waals surface area contributed by atoms with Crippen molar-refractivity contribution in [2.75, 3.05) is 18.4 Å². The standard InChI is InChI=1S/C24H30N4O/c1-17(2)28-22-13-7-6-12-21(22)25-23(28)16-27-14-8-10-19(15-27)24(29)26-20-11-5-4-9-18(20)3/h4-7,9,11-13,17,19H,8,10,14-16H2,1-3H3,(H,26,29)/t19-/m0/s1. The van der Waals surface area contributed by atoms with Gasteiger partial charge in [-0.1, -0.05) is 30.3 Å². The van der Waals surface area contributed by atoms with Crippen molar-refractivity contribution in [2.24, 2.45) is 5.92 Å². The molecule has 5 nitrogen and oxygen atoms in total. The second-order valence-electron chi connectivity index (χ2n) is 8.36. The van der Waals surface area contributed by atoms with Gasteiger partial charge < -0.3 is 9.88 Å². The van der Waals surface area contributed by atoms with E-state index in [2.05, 4.69) is 46.8 Å². The number of aromatic nitrogens is 2. The fraction of sp³-hybridized carbons (Fsp3) is 0.417. The van der Waals surface area contributed by atoms with Crippen LogP contribution in [0.15, 0.2) is 48.5 Å². The fourth-order valence-corrected chi connectivity index (χ4v) is 4.34. The van der Waals surface area contributed by atoms with Gasteiger partial charge in [-0.05, 0) is 63.9 Å². The summed E-state index contributed by atoms with van der Waals surface area (Å²) in [5.41, 5.74) is 4.24. The number of imidazole rings is 1. The molecule has 152 valence electrons. The van der Waals surface area contributed by atoms with E-state index in [1.165, 1.54) is 5.52 Å². The number of hydrogen-bond donors (Lipinski definition) is 1. The Balaban J connectivity index is 1.48. The van der Waals surface area contributed by atoms with Crippen LogP contribution in [-0.4, -0.2) is 33.4 Å². The number of para-hydroxylation sites is 3. The molecule has 1 saturated heterocycles. The third kappa shape index (κ3) is 4.20. The van der Waals surface area contributed by atoms with Crippen molar-refractivity contribution in [1.29, 1.82) is 0 Å². The molecule has 29 heavy (non-hydrogen) atoms. The van der Waals surface area contributed by atoms with Crippen LogP contribution in [0, 0.1) is 12.8 Å². The molecule has 0 bridgehead atoms. The summed E-state index contributed by atoms with van der Waals surface area (Å²) in [5, 5.41) is 3.13. The molecular weight excluding hydrogens is 360 g/mol. The molecule has 3 aromatic rings. The molecule has 1 aliphatic heterocycles. The van der Waals surface area contributed by atoms with E-state index in [4.69, 9.17) is 4.98 Å². The molecule has 0 aliphatic carbocycles. The van der Waals surface area contributed by atoms with Gasteiger partial charge in [0.15, 0.2) is 0 Å². The van der Waals surface area contributed by atoms with Crippen LogP contribution < -0.4 is 5.32 Å². The summed E-state index contributed by atoms with van der Waals surface area (Å²) >= 11 is 0. The lowest BCUT2D eigenvalue weighted by molar-refractivity contribution is -0.121. The second kappa shape index (κ2) is 8.37. The third-order valence-electron chi connectivity index (χ3n) is 5.83. The van der Waals surface area contributed by atoms with Gasteiger partial charge in [-0.3, -0.25) is 9.69 Å². The summed E-state index contributed by atoms with van der Waals surface area (Å²) in [7, 11) is 0. The van der Waals surface area contributed by atoms with Crippen molar-refractivity contribution in [3.05, 3.63) is 59.9 Å². The summed E-state index contributed by atoms with van der Waals surface area (Å²) in [4.78, 5) is 20.2. The SMILES string of the molecule is Cc1ccccc1NC(=O)[C@H]1CCCN(Cc2nc3ccccc3n2C(C)C)C1. The number of benzene rings is 2. The molecule has 1 fully saturated rings. The predicted molar refractivity (Wildman–Crippen MR) is 118 cm³/mol. The van der Waals surface area contributed by atoms with E-state index in [9.17, 15) is 4.79 Å². The van der Waals surface area contributed by atoms with Crippen molar-refractivity contribution in [1.82, 2.24) is 14.5 Å². The normalized spacial score (nSPS) is 17.7. The van der Waals surface area contributed by atoms with Crippen molar-refractivity contribution in [2.45, 2.75) is 46.2 Å². The third-order valence-corrected chi connectivity index (χ3v) is 5.83. The zero-order chi connectivity index (χ0) is 20.4. The number of carbonyl (C=O) groups excluding carboxylic acids is 1. The van der Waals surface area contributed by atoms with Crippen molar-refractivity contribution < 1.29 is 4.79 Å². The van der Waals surface area contributed by atoms with E-state index in [0.717, 1.165) is 55.1 Å². The Morgan fingerprint density at radius 1 is 1.17 bits per heavy atom. The van der Waals surface area contributed by atoms with E-state index >= 15 is 0 Å². The molecule has 0 spiro atoms. The summed E-state index contributed by atoms with van der Waals surface area (Å²) in [6, 6.07) is 16.6. The number of anilines is 1. The average molecular weight is 391 g/mol. The van der Waals surface area contributed by atoms with E-state index in [-0.39, 0.29) is 11.8 Å². The number of piperidine rings is 1. The number of amides is 1. The number of likely N-dealkylation sites (tertiary alicyclic amines) is 1. The Morgan fingerprint density at radius 2 is 1.93 bits per heavy atom. The first kappa shape index (κ1) is 19.6. The van der Waals surface area contributed by atoms with Crippen LogP contribution in [-0.2, 0) is 11.3 Å². The van der Waals surface area contributed by atoms with E-state index in [0.29, 0.717) is 6.04 Å². The number of nitrogens with one attached hydrogen (secondary N) is 1. The summed E-state index contributed by atoms with van der Waals surface area (Å²) in [6.45, 7) is 8.99. The molecule has 1 aromatic heterocycles. The molecule has 2 aromatic carbocycles. The lowest BCUT2D eigenvalue weighted by Crippen LogP contribution is -2.40. The highest BCUT2D eigenvalue weighted by Crippen LogP contribution is 2.25. The molecule has 1 N–H and O–H groups in total. The van der Waals surface area contributed by atoms with E-state index in [1.807, 2.05) is 37.3 Å². The molecule has 0 unspecified atom stereocenters. The Morgan fingerprint density at radius 3 is 2.72 bits per heavy atom. The van der Waals surface area contributed by atoms with Gasteiger partial charge in [0.1, 0.15) is 5.82 Å². The minimum Gasteiger partial charge on any atom is -0.326 e. The number of rotatable bonds is 5. The Bertz CT molecular complexity index is 1010. The number of fused-ring (bicyclic) bond motifs is 1. The first-order chi connectivity index (χ1) is 14.0. The van der Waals surface area contributed by atoms with Crippen LogP contribution in [0.25, 0.3) is 11.0 Å². The number of nitrogens with zero attached hydrogens (tertiary/aromatic N) is 3. The summed E-state index contributed by atoms with van der Waals surface area (Å²) in [5.74, 6) is 1.22. The largest absolute Gasteiger partial charge is 0.326 e. The number of aryl methyl sites for hydroxylation is 1. The highest BCUT2D eigenvalue weighted by Gasteiger charge is 2.27. The second-order valence-corrected chi connectivity index (χ2v) is 8.36. The van der Waals surface area contributed by atoms with Gasteiger partial charge in [0.05, 0.1) is 23.5 Å². The van der Waals surface area contributed by atoms with Crippen LogP contribution in [0.4, 0.5) is 5.69 Å². The highest BCUT2D eigenvalue weighted by atomic mass is 16.1. The topological polar surface area (TPSA) is 50.2 Å². The van der Waals surface area contributed by atoms with Gasteiger partial charge in [0, 0.05) is 18.3 Å². The average Bonchev–Trinajstić information content (AvgIpc) is 3.08. The Labute approximate surface area is 172 Å². The van der Waals surface area contributed by atoms with Crippen LogP contribution in [0.1, 0.15) is 44.1 Å². The van der Waals surface area contributed by atoms with Crippen LogP contribution in [0.2, 0.25) is 0 Å². The van der Waals surface area contributed by atoms with E-state index < -0.39 is 0 Å². The molecule has 5 heteroatoms. The lowest BCUT2D eigenvalue weighted by Gasteiger charge is -2.32.